The fourth-order valence-corrected chi connectivity index (χ4v) is 2.84. The largest absolute Gasteiger partial charge is 0.459 e. The smallest absolute Gasteiger partial charge is 0.283 e. The average Bonchev–Trinajstić information content (AvgIpc) is 2.54. The van der Waals surface area contributed by atoms with Crippen LogP contribution in [0.1, 0.15) is 31.2 Å². The molecule has 5 nitrogen and oxygen atoms in total. The van der Waals surface area contributed by atoms with Crippen LogP contribution in [0.25, 0.3) is 0 Å². The lowest BCUT2D eigenvalue weighted by molar-refractivity contribution is -0.165. The minimum absolute atomic E-state index is 0.0534. The van der Waals surface area contributed by atoms with Crippen molar-refractivity contribution in [2.75, 3.05) is 13.2 Å². The molecule has 3 N–H and O–H groups in total. The summed E-state index contributed by atoms with van der Waals surface area (Å²) >= 11 is 0. The molecule has 126 valence electrons. The second-order valence-corrected chi connectivity index (χ2v) is 5.44. The first-order valence-electron chi connectivity index (χ1n) is 7.73. The van der Waals surface area contributed by atoms with Crippen molar-refractivity contribution in [3.05, 3.63) is 47.5 Å². The van der Waals surface area contributed by atoms with Crippen molar-refractivity contribution < 1.29 is 23.8 Å². The number of halogens is 1. The SMILES string of the molecule is CCO[C@H]1OC(C(N)=O)=C[C@@H](c2ccc(F)cc2)[C@@H]1CCCO. The number of nitrogens with two attached hydrogens (primary N) is 1. The van der Waals surface area contributed by atoms with E-state index in [1.54, 1.807) is 18.2 Å². The molecule has 6 heteroatoms. The summed E-state index contributed by atoms with van der Waals surface area (Å²) in [6.07, 6.45) is 2.25. The Morgan fingerprint density at radius 1 is 1.39 bits per heavy atom. The van der Waals surface area contributed by atoms with E-state index in [2.05, 4.69) is 0 Å². The van der Waals surface area contributed by atoms with Crippen molar-refractivity contribution in [2.45, 2.75) is 32.0 Å². The molecule has 0 spiro atoms. The normalized spacial score (nSPS) is 24.0. The molecule has 0 unspecified atom stereocenters. The lowest BCUT2D eigenvalue weighted by Gasteiger charge is -2.36. The molecule has 2 rings (SSSR count). The van der Waals surface area contributed by atoms with Gasteiger partial charge in [-0.1, -0.05) is 12.1 Å². The van der Waals surface area contributed by atoms with Crippen LogP contribution in [0.2, 0.25) is 0 Å². The maximum atomic E-state index is 13.2. The average molecular weight is 323 g/mol. The maximum absolute atomic E-state index is 13.2. The van der Waals surface area contributed by atoms with E-state index in [0.29, 0.717) is 19.4 Å². The molecule has 1 aliphatic rings. The van der Waals surface area contributed by atoms with Gasteiger partial charge in [0.15, 0.2) is 5.76 Å². The summed E-state index contributed by atoms with van der Waals surface area (Å²) < 4.78 is 24.4. The van der Waals surface area contributed by atoms with E-state index in [4.69, 9.17) is 20.3 Å². The van der Waals surface area contributed by atoms with Gasteiger partial charge in [0, 0.05) is 25.0 Å². The van der Waals surface area contributed by atoms with Crippen molar-refractivity contribution in [3.63, 3.8) is 0 Å². The Morgan fingerprint density at radius 2 is 2.09 bits per heavy atom. The zero-order valence-corrected chi connectivity index (χ0v) is 13.1. The number of aliphatic hydroxyl groups is 1. The lowest BCUT2D eigenvalue weighted by Crippen LogP contribution is -2.37. The molecule has 1 aromatic carbocycles. The summed E-state index contributed by atoms with van der Waals surface area (Å²) in [7, 11) is 0. The molecular formula is C17H22FNO4. The van der Waals surface area contributed by atoms with Crippen molar-refractivity contribution >= 4 is 5.91 Å². The lowest BCUT2D eigenvalue weighted by atomic mass is 9.80. The fraction of sp³-hybridized carbons (Fsp3) is 0.471. The molecule has 1 aromatic rings. The molecular weight excluding hydrogens is 301 g/mol. The molecule has 0 saturated carbocycles. The molecule has 3 atom stereocenters. The van der Waals surface area contributed by atoms with Crippen LogP contribution < -0.4 is 5.73 Å². The third-order valence-electron chi connectivity index (χ3n) is 3.91. The zero-order valence-electron chi connectivity index (χ0n) is 13.1. The Balaban J connectivity index is 2.38. The van der Waals surface area contributed by atoms with Gasteiger partial charge in [0.05, 0.1) is 0 Å². The standard InChI is InChI=1S/C17H22FNO4/c1-2-22-17-13(4-3-9-20)14(10-15(23-17)16(19)21)11-5-7-12(18)8-6-11/h5-8,10,13-14,17,20H,2-4,9H2,1H3,(H2,19,21)/t13-,14-,17-/m0/s1. The predicted octanol–water partition coefficient (Wildman–Crippen LogP) is 2.06. The molecule has 0 aliphatic carbocycles. The van der Waals surface area contributed by atoms with Crippen LogP contribution in [-0.2, 0) is 14.3 Å². The number of carbonyl (C=O) groups excluding carboxylic acids is 1. The van der Waals surface area contributed by atoms with Crippen LogP contribution in [0.15, 0.2) is 36.1 Å². The number of allylic oxidation sites excluding steroid dienone is 1. The second kappa shape index (κ2) is 8.08. The van der Waals surface area contributed by atoms with Gasteiger partial charge in [-0.3, -0.25) is 4.79 Å². The minimum atomic E-state index is -0.664. The topological polar surface area (TPSA) is 81.8 Å². The highest BCUT2D eigenvalue weighted by Crippen LogP contribution is 2.39. The summed E-state index contributed by atoms with van der Waals surface area (Å²) in [6, 6.07) is 6.10. The highest BCUT2D eigenvalue weighted by Gasteiger charge is 2.37. The van der Waals surface area contributed by atoms with Crippen molar-refractivity contribution in [1.29, 1.82) is 0 Å². The number of amides is 1. The van der Waals surface area contributed by atoms with E-state index < -0.39 is 12.2 Å². The fourth-order valence-electron chi connectivity index (χ4n) is 2.84. The summed E-state index contributed by atoms with van der Waals surface area (Å²) in [5.41, 5.74) is 6.20. The first-order chi connectivity index (χ1) is 11.1. The molecule has 0 saturated heterocycles. The van der Waals surface area contributed by atoms with Crippen LogP contribution in [0.3, 0.4) is 0 Å². The van der Waals surface area contributed by atoms with E-state index in [9.17, 15) is 9.18 Å². The predicted molar refractivity (Wildman–Crippen MR) is 82.7 cm³/mol. The highest BCUT2D eigenvalue weighted by molar-refractivity contribution is 5.90. The Labute approximate surface area is 134 Å². The molecule has 23 heavy (non-hydrogen) atoms. The van der Waals surface area contributed by atoms with Gasteiger partial charge in [0.25, 0.3) is 5.91 Å². The number of hydrogen-bond acceptors (Lipinski definition) is 4. The van der Waals surface area contributed by atoms with Gasteiger partial charge in [-0.05, 0) is 43.5 Å². The van der Waals surface area contributed by atoms with Gasteiger partial charge in [-0.15, -0.1) is 0 Å². The number of carbonyl (C=O) groups is 1. The zero-order chi connectivity index (χ0) is 16.8. The maximum Gasteiger partial charge on any atom is 0.283 e. The van der Waals surface area contributed by atoms with Gasteiger partial charge < -0.3 is 20.3 Å². The van der Waals surface area contributed by atoms with Gasteiger partial charge in [-0.2, -0.15) is 0 Å². The van der Waals surface area contributed by atoms with Crippen LogP contribution in [0, 0.1) is 11.7 Å². The monoisotopic (exact) mass is 323 g/mol. The highest BCUT2D eigenvalue weighted by atomic mass is 19.1. The van der Waals surface area contributed by atoms with Crippen LogP contribution in [0.5, 0.6) is 0 Å². The summed E-state index contributed by atoms with van der Waals surface area (Å²) in [5, 5.41) is 9.13. The van der Waals surface area contributed by atoms with E-state index in [1.165, 1.54) is 12.1 Å². The Bertz CT molecular complexity index is 558. The number of rotatable bonds is 7. The number of hydrogen-bond donors (Lipinski definition) is 2. The van der Waals surface area contributed by atoms with Crippen molar-refractivity contribution in [2.24, 2.45) is 11.7 Å². The van der Waals surface area contributed by atoms with Crippen LogP contribution in [0.4, 0.5) is 4.39 Å². The van der Waals surface area contributed by atoms with Gasteiger partial charge in [0.2, 0.25) is 6.29 Å². The van der Waals surface area contributed by atoms with Crippen LogP contribution in [-0.4, -0.2) is 30.5 Å². The molecule has 0 bridgehead atoms. The number of ether oxygens (including phenoxy) is 2. The molecule has 1 heterocycles. The summed E-state index contributed by atoms with van der Waals surface area (Å²) in [6.45, 7) is 2.31. The van der Waals surface area contributed by atoms with Gasteiger partial charge >= 0.3 is 0 Å². The number of primary amides is 1. The Hall–Kier alpha value is -1.92. The molecule has 0 fully saturated rings. The number of aliphatic hydroxyl groups excluding tert-OH is 1. The Morgan fingerprint density at radius 3 is 2.65 bits per heavy atom. The van der Waals surface area contributed by atoms with Crippen LogP contribution >= 0.6 is 0 Å². The van der Waals surface area contributed by atoms with E-state index >= 15 is 0 Å². The molecule has 0 radical (unpaired) electrons. The van der Waals surface area contributed by atoms with E-state index in [1.807, 2.05) is 6.92 Å². The summed E-state index contributed by atoms with van der Waals surface area (Å²) in [4.78, 5) is 11.5. The minimum Gasteiger partial charge on any atom is -0.459 e. The van der Waals surface area contributed by atoms with E-state index in [-0.39, 0.29) is 30.0 Å². The second-order valence-electron chi connectivity index (χ2n) is 5.44. The molecule has 1 amide bonds. The molecule has 0 aromatic heterocycles. The number of benzene rings is 1. The third kappa shape index (κ3) is 4.30. The van der Waals surface area contributed by atoms with Gasteiger partial charge in [0.1, 0.15) is 5.82 Å². The first kappa shape index (κ1) is 17.4. The van der Waals surface area contributed by atoms with Gasteiger partial charge in [-0.25, -0.2) is 4.39 Å². The quantitative estimate of drug-likeness (QED) is 0.805. The Kier molecular flexibility index (Phi) is 6.12. The van der Waals surface area contributed by atoms with Crippen molar-refractivity contribution in [3.8, 4) is 0 Å². The first-order valence-corrected chi connectivity index (χ1v) is 7.73. The third-order valence-corrected chi connectivity index (χ3v) is 3.91. The summed E-state index contributed by atoms with van der Waals surface area (Å²) in [5.74, 6) is -1.24. The van der Waals surface area contributed by atoms with Crippen molar-refractivity contribution in [1.82, 2.24) is 0 Å². The van der Waals surface area contributed by atoms with E-state index in [0.717, 1.165) is 5.56 Å². The molecule has 1 aliphatic heterocycles.